The number of rotatable bonds is 5. The third-order valence-electron chi connectivity index (χ3n) is 5.50. The Bertz CT molecular complexity index is 957. The minimum absolute atomic E-state index is 0.375. The molecule has 1 aliphatic heterocycles. The van der Waals surface area contributed by atoms with E-state index in [1.807, 2.05) is 24.3 Å². The molecule has 1 fully saturated rings. The number of nitrogens with one attached hydrogen (secondary N) is 2. The molecule has 33 heavy (non-hydrogen) atoms. The first-order valence-corrected chi connectivity index (χ1v) is 10.3. The maximum Gasteiger partial charge on any atom is 0.416 e. The molecule has 4 N–H and O–H groups in total. The molecule has 0 bridgehead atoms. The van der Waals surface area contributed by atoms with E-state index in [4.69, 9.17) is 5.21 Å². The summed E-state index contributed by atoms with van der Waals surface area (Å²) in [7, 11) is 0. The van der Waals surface area contributed by atoms with Gasteiger partial charge in [-0.25, -0.2) is 10.3 Å². The molecule has 0 aromatic heterocycles. The molecule has 8 nitrogen and oxygen atoms in total. The van der Waals surface area contributed by atoms with Crippen molar-refractivity contribution in [2.24, 2.45) is 0 Å². The van der Waals surface area contributed by atoms with Crippen molar-refractivity contribution in [2.75, 3.05) is 31.1 Å². The molecule has 2 aromatic carbocycles. The molecule has 178 valence electrons. The molecule has 1 aliphatic rings. The van der Waals surface area contributed by atoms with Gasteiger partial charge in [0.25, 0.3) is 5.91 Å². The van der Waals surface area contributed by atoms with E-state index in [-0.39, 0.29) is 0 Å². The summed E-state index contributed by atoms with van der Waals surface area (Å²) in [4.78, 5) is 27.6. The van der Waals surface area contributed by atoms with Gasteiger partial charge in [-0.05, 0) is 42.3 Å². The molecule has 2 atom stereocenters. The lowest BCUT2D eigenvalue weighted by Crippen LogP contribution is -2.58. The highest BCUT2D eigenvalue weighted by Gasteiger charge is 2.30. The molecule has 11 heteroatoms. The summed E-state index contributed by atoms with van der Waals surface area (Å²) in [6.07, 6.45) is -5.56. The third kappa shape index (κ3) is 5.93. The minimum Gasteiger partial charge on any atom is -0.391 e. The summed E-state index contributed by atoms with van der Waals surface area (Å²) < 4.78 is 38.2. The minimum atomic E-state index is -4.37. The van der Waals surface area contributed by atoms with Crippen LogP contribution in [-0.4, -0.2) is 65.5 Å². The van der Waals surface area contributed by atoms with Gasteiger partial charge < -0.3 is 20.2 Å². The standard InChI is InChI=1S/C22H25F3N4O4/c1-14(30)19(20(31)27-33)26-21(32)29-12-10-28(11-13-29)18-8-4-16(5-9-18)15-2-6-17(7-3-15)22(23,24)25/h2-9,14,19,30,33H,10-13H2,1H3,(H,26,32)(H,27,31)/t14-,19+/m0/s1. The zero-order valence-electron chi connectivity index (χ0n) is 17.8. The van der Waals surface area contributed by atoms with Gasteiger partial charge in [-0.2, -0.15) is 13.2 Å². The largest absolute Gasteiger partial charge is 0.416 e. The number of hydrogen-bond donors (Lipinski definition) is 4. The van der Waals surface area contributed by atoms with Crippen LogP contribution in [0.1, 0.15) is 12.5 Å². The molecular weight excluding hydrogens is 441 g/mol. The summed E-state index contributed by atoms with van der Waals surface area (Å²) in [5.41, 5.74) is 3.10. The Morgan fingerprint density at radius 1 is 0.939 bits per heavy atom. The number of benzene rings is 2. The number of urea groups is 1. The van der Waals surface area contributed by atoms with Crippen LogP contribution in [0.3, 0.4) is 0 Å². The van der Waals surface area contributed by atoms with Crippen LogP contribution in [0.5, 0.6) is 0 Å². The summed E-state index contributed by atoms with van der Waals surface area (Å²) in [5, 5.41) is 20.8. The topological polar surface area (TPSA) is 105 Å². The number of hydrogen-bond acceptors (Lipinski definition) is 5. The average Bonchev–Trinajstić information content (AvgIpc) is 2.81. The molecule has 3 amide bonds. The number of amides is 3. The second kappa shape index (κ2) is 10.1. The van der Waals surface area contributed by atoms with E-state index in [0.29, 0.717) is 31.7 Å². The normalized spacial score (nSPS) is 16.2. The molecule has 1 heterocycles. The molecule has 0 radical (unpaired) electrons. The maximum absolute atomic E-state index is 12.7. The zero-order valence-corrected chi connectivity index (χ0v) is 17.8. The van der Waals surface area contributed by atoms with Gasteiger partial charge in [0, 0.05) is 31.9 Å². The molecule has 0 spiro atoms. The first-order valence-electron chi connectivity index (χ1n) is 10.3. The molecule has 0 unspecified atom stereocenters. The molecule has 0 saturated carbocycles. The van der Waals surface area contributed by atoms with Gasteiger partial charge in [-0.15, -0.1) is 0 Å². The molecule has 3 rings (SSSR count). The predicted octanol–water partition coefficient (Wildman–Crippen LogP) is 2.46. The summed E-state index contributed by atoms with van der Waals surface area (Å²) in [6.45, 7) is 3.13. The second-order valence-electron chi connectivity index (χ2n) is 7.74. The fourth-order valence-electron chi connectivity index (χ4n) is 3.58. The number of aliphatic hydroxyl groups is 1. The van der Waals surface area contributed by atoms with E-state index in [1.54, 1.807) is 0 Å². The Morgan fingerprint density at radius 2 is 1.45 bits per heavy atom. The van der Waals surface area contributed by atoms with Crippen LogP contribution in [0, 0.1) is 0 Å². The van der Waals surface area contributed by atoms with E-state index in [9.17, 15) is 27.9 Å². The Kier molecular flexibility index (Phi) is 7.44. The van der Waals surface area contributed by atoms with Gasteiger partial charge in [0.05, 0.1) is 11.7 Å². The van der Waals surface area contributed by atoms with Crippen molar-refractivity contribution in [2.45, 2.75) is 25.2 Å². The van der Waals surface area contributed by atoms with E-state index in [1.165, 1.54) is 29.4 Å². The van der Waals surface area contributed by atoms with Gasteiger partial charge in [0.2, 0.25) is 0 Å². The fraction of sp³-hybridized carbons (Fsp3) is 0.364. The van der Waals surface area contributed by atoms with Crippen molar-refractivity contribution < 1.29 is 33.1 Å². The van der Waals surface area contributed by atoms with Crippen LogP contribution < -0.4 is 15.7 Å². The Morgan fingerprint density at radius 3 is 1.91 bits per heavy atom. The van der Waals surface area contributed by atoms with Crippen LogP contribution in [0.15, 0.2) is 48.5 Å². The SMILES string of the molecule is C[C@H](O)[C@@H](NC(=O)N1CCN(c2ccc(-c3ccc(C(F)(F)F)cc3)cc2)CC1)C(=O)NO. The number of hydroxylamine groups is 1. The fourth-order valence-corrected chi connectivity index (χ4v) is 3.58. The highest BCUT2D eigenvalue weighted by atomic mass is 19.4. The van der Waals surface area contributed by atoms with Crippen LogP contribution >= 0.6 is 0 Å². The number of anilines is 1. The quantitative estimate of drug-likeness (QED) is 0.400. The molecule has 0 aliphatic carbocycles. The first kappa shape index (κ1) is 24.3. The maximum atomic E-state index is 12.7. The van der Waals surface area contributed by atoms with Gasteiger partial charge in [0.1, 0.15) is 6.04 Å². The van der Waals surface area contributed by atoms with Crippen molar-refractivity contribution in [3.8, 4) is 11.1 Å². The van der Waals surface area contributed by atoms with E-state index in [2.05, 4.69) is 10.2 Å². The average molecular weight is 466 g/mol. The Hall–Kier alpha value is -3.31. The Labute approximate surface area is 188 Å². The number of halogens is 3. The zero-order chi connectivity index (χ0) is 24.2. The number of aliphatic hydroxyl groups excluding tert-OH is 1. The lowest BCUT2D eigenvalue weighted by Gasteiger charge is -2.36. The smallest absolute Gasteiger partial charge is 0.391 e. The van der Waals surface area contributed by atoms with E-state index in [0.717, 1.165) is 23.4 Å². The van der Waals surface area contributed by atoms with Crippen molar-refractivity contribution in [3.63, 3.8) is 0 Å². The third-order valence-corrected chi connectivity index (χ3v) is 5.50. The van der Waals surface area contributed by atoms with Crippen molar-refractivity contribution >= 4 is 17.6 Å². The number of alkyl halides is 3. The summed E-state index contributed by atoms with van der Waals surface area (Å²) in [5.74, 6) is -0.912. The van der Waals surface area contributed by atoms with Gasteiger partial charge in [0.15, 0.2) is 0 Å². The van der Waals surface area contributed by atoms with E-state index >= 15 is 0 Å². The van der Waals surface area contributed by atoms with Crippen LogP contribution in [0.25, 0.3) is 11.1 Å². The lowest BCUT2D eigenvalue weighted by atomic mass is 10.0. The first-order chi connectivity index (χ1) is 15.6. The van der Waals surface area contributed by atoms with Gasteiger partial charge in [-0.1, -0.05) is 24.3 Å². The molecule has 1 saturated heterocycles. The van der Waals surface area contributed by atoms with Crippen LogP contribution in [-0.2, 0) is 11.0 Å². The molecule has 2 aromatic rings. The predicted molar refractivity (Wildman–Crippen MR) is 115 cm³/mol. The Balaban J connectivity index is 1.57. The number of carbonyl (C=O) groups excluding carboxylic acids is 2. The summed E-state index contributed by atoms with van der Waals surface area (Å²) >= 11 is 0. The van der Waals surface area contributed by atoms with E-state index < -0.39 is 35.8 Å². The number of carbonyl (C=O) groups is 2. The molecular formula is C22H25F3N4O4. The summed E-state index contributed by atoms with van der Waals surface area (Å²) in [6, 6.07) is 10.6. The van der Waals surface area contributed by atoms with Crippen LogP contribution in [0.2, 0.25) is 0 Å². The van der Waals surface area contributed by atoms with Gasteiger partial charge >= 0.3 is 12.2 Å². The highest BCUT2D eigenvalue weighted by molar-refractivity contribution is 5.87. The van der Waals surface area contributed by atoms with Crippen molar-refractivity contribution in [3.05, 3.63) is 54.1 Å². The number of piperazine rings is 1. The van der Waals surface area contributed by atoms with Crippen LogP contribution in [0.4, 0.5) is 23.7 Å². The van der Waals surface area contributed by atoms with Crippen molar-refractivity contribution in [1.82, 2.24) is 15.7 Å². The monoisotopic (exact) mass is 466 g/mol. The number of nitrogens with zero attached hydrogens (tertiary/aromatic N) is 2. The van der Waals surface area contributed by atoms with Crippen molar-refractivity contribution in [1.29, 1.82) is 0 Å². The lowest BCUT2D eigenvalue weighted by molar-refractivity contribution is -0.137. The second-order valence-corrected chi connectivity index (χ2v) is 7.74. The highest BCUT2D eigenvalue weighted by Crippen LogP contribution is 2.31. The van der Waals surface area contributed by atoms with Gasteiger partial charge in [-0.3, -0.25) is 10.0 Å².